The van der Waals surface area contributed by atoms with Crippen molar-refractivity contribution in [1.82, 2.24) is 4.98 Å². The number of aromatic nitrogens is 1. The van der Waals surface area contributed by atoms with Crippen LogP contribution in [0.5, 0.6) is 0 Å². The average Bonchev–Trinajstić information content (AvgIpc) is 2.44. The molecule has 0 saturated heterocycles. The molecule has 0 saturated carbocycles. The van der Waals surface area contributed by atoms with E-state index in [9.17, 15) is 8.42 Å². The van der Waals surface area contributed by atoms with Crippen molar-refractivity contribution in [1.29, 1.82) is 0 Å². The molecule has 114 valence electrons. The lowest BCUT2D eigenvalue weighted by atomic mass is 10.2. The maximum atomic E-state index is 12.2. The lowest BCUT2D eigenvalue weighted by Gasteiger charge is -2.19. The van der Waals surface area contributed by atoms with Gasteiger partial charge in [-0.2, -0.15) is 0 Å². The Morgan fingerprint density at radius 3 is 2.71 bits per heavy atom. The molecule has 6 heteroatoms. The highest BCUT2D eigenvalue weighted by Gasteiger charge is 2.22. The fourth-order valence-electron chi connectivity index (χ4n) is 2.19. The van der Waals surface area contributed by atoms with Crippen LogP contribution in [0.25, 0.3) is 10.9 Å². The van der Waals surface area contributed by atoms with Gasteiger partial charge in [0, 0.05) is 24.7 Å². The molecule has 2 rings (SSSR count). The molecule has 0 amide bonds. The number of sulfone groups is 1. The molecular formula is C15H20N2O3S. The molecule has 0 aliphatic heterocycles. The number of nitrogens with two attached hydrogens (primary N) is 1. The summed E-state index contributed by atoms with van der Waals surface area (Å²) < 4.78 is 29.6. The Hall–Kier alpha value is -1.50. The van der Waals surface area contributed by atoms with E-state index >= 15 is 0 Å². The summed E-state index contributed by atoms with van der Waals surface area (Å²) >= 11 is 0. The molecule has 0 aliphatic carbocycles. The van der Waals surface area contributed by atoms with Gasteiger partial charge >= 0.3 is 0 Å². The monoisotopic (exact) mass is 308 g/mol. The van der Waals surface area contributed by atoms with E-state index in [0.29, 0.717) is 5.56 Å². The van der Waals surface area contributed by atoms with Crippen molar-refractivity contribution in [2.24, 2.45) is 5.73 Å². The van der Waals surface area contributed by atoms with Gasteiger partial charge in [0.1, 0.15) is 0 Å². The second-order valence-corrected chi connectivity index (χ2v) is 7.33. The van der Waals surface area contributed by atoms with Gasteiger partial charge in [-0.15, -0.1) is 0 Å². The van der Waals surface area contributed by atoms with Crippen LogP contribution in [0.1, 0.15) is 12.5 Å². The Bertz CT molecular complexity index is 714. The molecule has 1 heterocycles. The number of benzene rings is 1. The number of ether oxygens (including phenoxy) is 1. The fraction of sp³-hybridized carbons (Fsp3) is 0.400. The van der Waals surface area contributed by atoms with Crippen LogP contribution in [0.3, 0.4) is 0 Å². The van der Waals surface area contributed by atoms with Crippen molar-refractivity contribution < 1.29 is 13.2 Å². The van der Waals surface area contributed by atoms with Crippen LogP contribution in [-0.2, 0) is 20.3 Å². The van der Waals surface area contributed by atoms with Crippen molar-refractivity contribution in [3.63, 3.8) is 0 Å². The first kappa shape index (κ1) is 15.9. The van der Waals surface area contributed by atoms with Crippen molar-refractivity contribution in [2.45, 2.75) is 24.8 Å². The van der Waals surface area contributed by atoms with Gasteiger partial charge in [-0.05, 0) is 24.6 Å². The summed E-state index contributed by atoms with van der Waals surface area (Å²) in [5, 5.41) is 0.931. The van der Waals surface area contributed by atoms with Crippen LogP contribution in [0.4, 0.5) is 0 Å². The Kier molecular flexibility index (Phi) is 4.92. The quantitative estimate of drug-likeness (QED) is 0.874. The van der Waals surface area contributed by atoms with Crippen molar-refractivity contribution in [3.8, 4) is 0 Å². The first-order chi connectivity index (χ1) is 9.91. The van der Waals surface area contributed by atoms with Crippen LogP contribution in [-0.4, -0.2) is 38.4 Å². The van der Waals surface area contributed by atoms with Gasteiger partial charge in [0.15, 0.2) is 9.84 Å². The zero-order chi connectivity index (χ0) is 15.5. The van der Waals surface area contributed by atoms with Crippen LogP contribution in [0.2, 0.25) is 0 Å². The summed E-state index contributed by atoms with van der Waals surface area (Å²) in [6.45, 7) is 1.74. The topological polar surface area (TPSA) is 82.3 Å². The number of para-hydroxylation sites is 1. The maximum Gasteiger partial charge on any atom is 0.157 e. The Balaban J connectivity index is 2.18. The summed E-state index contributed by atoms with van der Waals surface area (Å²) in [6, 6.07) is 9.13. The van der Waals surface area contributed by atoms with Crippen LogP contribution in [0.15, 0.2) is 36.5 Å². The maximum absolute atomic E-state index is 12.2. The first-order valence-electron chi connectivity index (χ1n) is 6.74. The van der Waals surface area contributed by atoms with E-state index in [4.69, 9.17) is 10.5 Å². The van der Waals surface area contributed by atoms with E-state index in [1.165, 1.54) is 7.11 Å². The number of rotatable bonds is 6. The third-order valence-corrected chi connectivity index (χ3v) is 4.95. The number of fused-ring (bicyclic) bond motifs is 1. The van der Waals surface area contributed by atoms with Gasteiger partial charge in [-0.1, -0.05) is 18.2 Å². The molecule has 0 radical (unpaired) electrons. The summed E-state index contributed by atoms with van der Waals surface area (Å²) in [6.07, 6.45) is 1.11. The summed E-state index contributed by atoms with van der Waals surface area (Å²) in [4.78, 5) is 4.28. The van der Waals surface area contributed by atoms with E-state index in [-0.39, 0.29) is 17.5 Å². The predicted octanol–water partition coefficient (Wildman–Crippen LogP) is 1.51. The van der Waals surface area contributed by atoms with Crippen molar-refractivity contribution in [3.05, 3.63) is 42.1 Å². The summed E-state index contributed by atoms with van der Waals surface area (Å²) in [5.41, 5.74) is 7.25. The van der Waals surface area contributed by atoms with E-state index < -0.39 is 15.9 Å². The molecule has 1 aromatic carbocycles. The molecule has 0 unspecified atom stereocenters. The van der Waals surface area contributed by atoms with Gasteiger partial charge in [-0.25, -0.2) is 8.42 Å². The molecular weight excluding hydrogens is 288 g/mol. The van der Waals surface area contributed by atoms with E-state index in [1.54, 1.807) is 13.1 Å². The van der Waals surface area contributed by atoms with Crippen molar-refractivity contribution in [2.75, 3.05) is 12.9 Å². The van der Waals surface area contributed by atoms with Gasteiger partial charge in [0.2, 0.25) is 0 Å². The second kappa shape index (κ2) is 6.51. The van der Waals surface area contributed by atoms with Crippen LogP contribution < -0.4 is 5.73 Å². The third kappa shape index (κ3) is 4.23. The van der Waals surface area contributed by atoms with E-state index in [1.807, 2.05) is 30.3 Å². The number of hydrogen-bond donors (Lipinski definition) is 1. The minimum absolute atomic E-state index is 0.0581. The number of nitrogens with zero attached hydrogens (tertiary/aromatic N) is 1. The van der Waals surface area contributed by atoms with Crippen LogP contribution >= 0.6 is 0 Å². The summed E-state index contributed by atoms with van der Waals surface area (Å²) in [7, 11) is -1.83. The Morgan fingerprint density at radius 2 is 2.05 bits per heavy atom. The van der Waals surface area contributed by atoms with Gasteiger partial charge in [0.25, 0.3) is 0 Å². The van der Waals surface area contributed by atoms with Gasteiger partial charge < -0.3 is 10.5 Å². The van der Waals surface area contributed by atoms with Crippen molar-refractivity contribution >= 4 is 20.7 Å². The first-order valence-corrected chi connectivity index (χ1v) is 8.56. The molecule has 2 atom stereocenters. The minimum Gasteiger partial charge on any atom is -0.379 e. The zero-order valence-electron chi connectivity index (χ0n) is 12.2. The molecule has 0 aliphatic rings. The average molecular weight is 308 g/mol. The van der Waals surface area contributed by atoms with Gasteiger partial charge in [0.05, 0.1) is 23.1 Å². The zero-order valence-corrected chi connectivity index (χ0v) is 13.0. The number of hydrogen-bond acceptors (Lipinski definition) is 5. The molecule has 0 fully saturated rings. The second-order valence-electron chi connectivity index (χ2n) is 5.22. The highest BCUT2D eigenvalue weighted by Crippen LogP contribution is 2.15. The minimum atomic E-state index is -3.30. The summed E-state index contributed by atoms with van der Waals surface area (Å²) in [5.74, 6) is -0.147. The predicted molar refractivity (Wildman–Crippen MR) is 83.7 cm³/mol. The third-order valence-electron chi connectivity index (χ3n) is 3.34. The van der Waals surface area contributed by atoms with E-state index in [2.05, 4.69) is 4.98 Å². The highest BCUT2D eigenvalue weighted by atomic mass is 32.2. The molecule has 0 spiro atoms. The Morgan fingerprint density at radius 1 is 1.33 bits per heavy atom. The normalized spacial score (nSPS) is 15.0. The van der Waals surface area contributed by atoms with Crippen LogP contribution in [0, 0.1) is 0 Å². The molecule has 1 aromatic heterocycles. The smallest absolute Gasteiger partial charge is 0.157 e. The SMILES string of the molecule is CO[C@@H](CS(=O)(=O)Cc1cnc2ccccc2c1)[C@H](C)N. The Labute approximate surface area is 125 Å². The molecule has 2 aromatic rings. The van der Waals surface area contributed by atoms with Gasteiger partial charge in [-0.3, -0.25) is 4.98 Å². The lowest BCUT2D eigenvalue weighted by molar-refractivity contribution is 0.103. The molecule has 2 N–H and O–H groups in total. The molecule has 5 nitrogen and oxygen atoms in total. The standard InChI is InChI=1S/C15H20N2O3S/c1-11(16)15(20-2)10-21(18,19)9-12-7-13-5-3-4-6-14(13)17-8-12/h3-8,11,15H,9-10,16H2,1-2H3/t11-,15-/m0/s1. The molecule has 21 heavy (non-hydrogen) atoms. The number of pyridine rings is 1. The fourth-order valence-corrected chi connectivity index (χ4v) is 3.92. The molecule has 0 bridgehead atoms. The van der Waals surface area contributed by atoms with E-state index in [0.717, 1.165) is 10.9 Å². The highest BCUT2D eigenvalue weighted by molar-refractivity contribution is 7.90. The largest absolute Gasteiger partial charge is 0.379 e. The lowest BCUT2D eigenvalue weighted by Crippen LogP contribution is -2.39. The number of methoxy groups -OCH3 is 1.